The first kappa shape index (κ1) is 12.3. The van der Waals surface area contributed by atoms with E-state index in [1.807, 2.05) is 19.1 Å². The minimum absolute atomic E-state index is 0.164. The molecular formula is C13H16O3. The summed E-state index contributed by atoms with van der Waals surface area (Å²) < 4.78 is 0. The monoisotopic (exact) mass is 220 g/mol. The van der Waals surface area contributed by atoms with Gasteiger partial charge in [-0.15, -0.1) is 0 Å². The summed E-state index contributed by atoms with van der Waals surface area (Å²) in [5.41, 5.74) is 0.894. The van der Waals surface area contributed by atoms with Crippen molar-refractivity contribution in [2.45, 2.75) is 19.8 Å². The van der Waals surface area contributed by atoms with Gasteiger partial charge in [-0.1, -0.05) is 31.2 Å². The molecule has 3 nitrogen and oxygen atoms in total. The Morgan fingerprint density at radius 2 is 1.88 bits per heavy atom. The topological polar surface area (TPSA) is 57.5 Å². The first-order valence-electron chi connectivity index (χ1n) is 5.20. The van der Waals surface area contributed by atoms with Crippen LogP contribution in [0.15, 0.2) is 36.4 Å². The highest BCUT2D eigenvalue weighted by molar-refractivity contribution is 5.71. The maximum Gasteiger partial charge on any atom is 0.307 e. The van der Waals surface area contributed by atoms with Gasteiger partial charge in [0.05, 0.1) is 5.92 Å². The van der Waals surface area contributed by atoms with Crippen LogP contribution in [0.2, 0.25) is 0 Å². The second-order valence-corrected chi connectivity index (χ2v) is 3.77. The summed E-state index contributed by atoms with van der Waals surface area (Å²) in [5, 5.41) is 18.2. The van der Waals surface area contributed by atoms with Gasteiger partial charge in [-0.05, 0) is 24.6 Å². The third-order valence-electron chi connectivity index (χ3n) is 2.61. The van der Waals surface area contributed by atoms with Crippen molar-refractivity contribution in [1.82, 2.24) is 0 Å². The molecule has 0 amide bonds. The van der Waals surface area contributed by atoms with E-state index in [4.69, 9.17) is 5.11 Å². The van der Waals surface area contributed by atoms with Crippen LogP contribution in [0.3, 0.4) is 0 Å². The van der Waals surface area contributed by atoms with Crippen molar-refractivity contribution < 1.29 is 15.0 Å². The lowest BCUT2D eigenvalue weighted by atomic mass is 9.87. The van der Waals surface area contributed by atoms with Crippen LogP contribution in [0.25, 0.3) is 0 Å². The van der Waals surface area contributed by atoms with Crippen LogP contribution >= 0.6 is 0 Å². The van der Waals surface area contributed by atoms with Crippen molar-refractivity contribution in [1.29, 1.82) is 0 Å². The van der Waals surface area contributed by atoms with E-state index in [0.717, 1.165) is 5.56 Å². The lowest BCUT2D eigenvalue weighted by molar-refractivity contribution is -0.141. The fraction of sp³-hybridized carbons (Fsp3) is 0.308. The van der Waals surface area contributed by atoms with Crippen molar-refractivity contribution in [3.05, 3.63) is 42.0 Å². The van der Waals surface area contributed by atoms with Crippen LogP contribution in [0.4, 0.5) is 0 Å². The largest absolute Gasteiger partial charge is 0.508 e. The smallest absolute Gasteiger partial charge is 0.307 e. The van der Waals surface area contributed by atoms with Crippen LogP contribution in [-0.4, -0.2) is 16.2 Å². The van der Waals surface area contributed by atoms with Crippen LogP contribution in [0.5, 0.6) is 5.75 Å². The highest BCUT2D eigenvalue weighted by Gasteiger charge is 2.22. The Morgan fingerprint density at radius 1 is 1.31 bits per heavy atom. The van der Waals surface area contributed by atoms with E-state index in [9.17, 15) is 9.90 Å². The Morgan fingerprint density at radius 3 is 2.31 bits per heavy atom. The van der Waals surface area contributed by atoms with Gasteiger partial charge >= 0.3 is 5.97 Å². The Kier molecular flexibility index (Phi) is 4.11. The number of phenolic OH excluding ortho intramolecular Hbond substituents is 1. The molecule has 1 aromatic carbocycles. The van der Waals surface area contributed by atoms with Crippen LogP contribution in [0, 0.1) is 5.92 Å². The fourth-order valence-corrected chi connectivity index (χ4v) is 1.62. The molecule has 0 saturated carbocycles. The second kappa shape index (κ2) is 5.35. The normalized spacial score (nSPS) is 14.9. The first-order chi connectivity index (χ1) is 7.56. The van der Waals surface area contributed by atoms with Gasteiger partial charge in [0, 0.05) is 5.92 Å². The Labute approximate surface area is 95.0 Å². The number of hydrogen-bond donors (Lipinski definition) is 2. The van der Waals surface area contributed by atoms with E-state index >= 15 is 0 Å². The summed E-state index contributed by atoms with van der Waals surface area (Å²) in [6.07, 6.45) is 3.71. The predicted octanol–water partition coefficient (Wildman–Crippen LogP) is 2.77. The summed E-state index contributed by atoms with van der Waals surface area (Å²) in [4.78, 5) is 11.0. The van der Waals surface area contributed by atoms with Crippen molar-refractivity contribution in [3.63, 3.8) is 0 Å². The number of rotatable bonds is 4. The molecule has 2 N–H and O–H groups in total. The molecule has 0 radical (unpaired) electrons. The summed E-state index contributed by atoms with van der Waals surface area (Å²) in [7, 11) is 0. The van der Waals surface area contributed by atoms with Gasteiger partial charge in [0.25, 0.3) is 0 Å². The average molecular weight is 220 g/mol. The SMILES string of the molecule is CC=C[C@@H](c1ccc(O)cc1)[C@H](C)C(=O)O. The fourth-order valence-electron chi connectivity index (χ4n) is 1.62. The molecular weight excluding hydrogens is 204 g/mol. The van der Waals surface area contributed by atoms with Crippen LogP contribution in [-0.2, 0) is 4.79 Å². The molecule has 0 aromatic heterocycles. The van der Waals surface area contributed by atoms with Crippen molar-refractivity contribution in [2.24, 2.45) is 5.92 Å². The van der Waals surface area contributed by atoms with E-state index < -0.39 is 11.9 Å². The molecule has 86 valence electrons. The minimum Gasteiger partial charge on any atom is -0.508 e. The number of aliphatic carboxylic acids is 1. The molecule has 0 aliphatic rings. The Hall–Kier alpha value is -1.77. The highest BCUT2D eigenvalue weighted by Crippen LogP contribution is 2.27. The van der Waals surface area contributed by atoms with E-state index in [1.54, 1.807) is 31.2 Å². The van der Waals surface area contributed by atoms with Gasteiger partial charge in [-0.2, -0.15) is 0 Å². The summed E-state index contributed by atoms with van der Waals surface area (Å²) >= 11 is 0. The zero-order valence-corrected chi connectivity index (χ0v) is 9.42. The quantitative estimate of drug-likeness (QED) is 0.767. The minimum atomic E-state index is -0.823. The molecule has 0 spiro atoms. The number of hydrogen-bond acceptors (Lipinski definition) is 2. The molecule has 0 aliphatic heterocycles. The van der Waals surface area contributed by atoms with Crippen LogP contribution < -0.4 is 0 Å². The Bertz CT molecular complexity index is 379. The average Bonchev–Trinajstić information content (AvgIpc) is 2.26. The molecule has 0 saturated heterocycles. The standard InChI is InChI=1S/C13H16O3/c1-3-4-12(9(2)13(15)16)10-5-7-11(14)8-6-10/h3-9,12,14H,1-2H3,(H,15,16)/t9-,12+/m0/s1. The van der Waals surface area contributed by atoms with Crippen molar-refractivity contribution in [2.75, 3.05) is 0 Å². The van der Waals surface area contributed by atoms with Gasteiger partial charge in [0.15, 0.2) is 0 Å². The maximum atomic E-state index is 11.0. The zero-order valence-electron chi connectivity index (χ0n) is 9.42. The maximum absolute atomic E-state index is 11.0. The summed E-state index contributed by atoms with van der Waals surface area (Å²) in [6.45, 7) is 3.54. The van der Waals surface area contributed by atoms with E-state index in [1.165, 1.54) is 0 Å². The number of aromatic hydroxyl groups is 1. The van der Waals surface area contributed by atoms with Gasteiger partial charge in [-0.25, -0.2) is 0 Å². The number of carbonyl (C=O) groups is 1. The molecule has 0 heterocycles. The molecule has 0 unspecified atom stereocenters. The second-order valence-electron chi connectivity index (χ2n) is 3.77. The molecule has 0 bridgehead atoms. The van der Waals surface area contributed by atoms with Gasteiger partial charge in [0.1, 0.15) is 5.75 Å². The number of carboxylic acid groups (broad SMARTS) is 1. The molecule has 0 aliphatic carbocycles. The number of benzene rings is 1. The molecule has 16 heavy (non-hydrogen) atoms. The first-order valence-corrected chi connectivity index (χ1v) is 5.20. The highest BCUT2D eigenvalue weighted by atomic mass is 16.4. The Balaban J connectivity index is 3.02. The predicted molar refractivity (Wildman–Crippen MR) is 62.5 cm³/mol. The zero-order chi connectivity index (χ0) is 12.1. The number of allylic oxidation sites excluding steroid dienone is 2. The summed E-state index contributed by atoms with van der Waals surface area (Å²) in [5.74, 6) is -1.29. The third-order valence-corrected chi connectivity index (χ3v) is 2.61. The number of phenols is 1. The summed E-state index contributed by atoms with van der Waals surface area (Å²) in [6, 6.07) is 6.64. The van der Waals surface area contributed by atoms with Crippen molar-refractivity contribution >= 4 is 5.97 Å². The van der Waals surface area contributed by atoms with E-state index in [-0.39, 0.29) is 11.7 Å². The van der Waals surface area contributed by atoms with Gasteiger partial charge in [-0.3, -0.25) is 4.79 Å². The van der Waals surface area contributed by atoms with Crippen LogP contribution in [0.1, 0.15) is 25.3 Å². The number of carboxylic acids is 1. The van der Waals surface area contributed by atoms with Gasteiger partial charge < -0.3 is 10.2 Å². The van der Waals surface area contributed by atoms with E-state index in [2.05, 4.69) is 0 Å². The molecule has 1 rings (SSSR count). The molecule has 0 fully saturated rings. The third kappa shape index (κ3) is 2.86. The van der Waals surface area contributed by atoms with Crippen molar-refractivity contribution in [3.8, 4) is 5.75 Å². The van der Waals surface area contributed by atoms with Gasteiger partial charge in [0.2, 0.25) is 0 Å². The molecule has 3 heteroatoms. The molecule has 2 atom stereocenters. The molecule has 1 aromatic rings. The van der Waals surface area contributed by atoms with E-state index in [0.29, 0.717) is 0 Å². The lowest BCUT2D eigenvalue weighted by Crippen LogP contribution is -2.17. The lowest BCUT2D eigenvalue weighted by Gasteiger charge is -2.17.